The minimum absolute atomic E-state index is 0.301. The Kier molecular flexibility index (Phi) is 6.01. The van der Waals surface area contributed by atoms with Crippen LogP contribution in [0.5, 0.6) is 0 Å². The van der Waals surface area contributed by atoms with E-state index in [1.165, 1.54) is 11.3 Å². The number of nitrogens with zero attached hydrogens (tertiary/aromatic N) is 1. The normalized spacial score (nSPS) is 10.9. The Balaban J connectivity index is 2.43. The van der Waals surface area contributed by atoms with Gasteiger partial charge in [-0.15, -0.1) is 0 Å². The summed E-state index contributed by atoms with van der Waals surface area (Å²) >= 11 is 0. The predicted molar refractivity (Wildman–Crippen MR) is 73.6 cm³/mol. The Morgan fingerprint density at radius 2 is 1.88 bits per heavy atom. The predicted octanol–water partition coefficient (Wildman–Crippen LogP) is 2.05. The first-order valence-corrected chi connectivity index (χ1v) is 6.25. The highest BCUT2D eigenvalue weighted by molar-refractivity contribution is 5.46. The largest absolute Gasteiger partial charge is 0.377 e. The summed E-state index contributed by atoms with van der Waals surface area (Å²) in [5.74, 6) is 0. The zero-order valence-electron chi connectivity index (χ0n) is 11.1. The van der Waals surface area contributed by atoms with Crippen molar-refractivity contribution in [2.75, 3.05) is 31.6 Å². The summed E-state index contributed by atoms with van der Waals surface area (Å²) in [5.41, 5.74) is 8.04. The van der Waals surface area contributed by atoms with Crippen molar-refractivity contribution < 1.29 is 4.74 Å². The summed E-state index contributed by atoms with van der Waals surface area (Å²) in [6, 6.07) is 8.56. The molecule has 0 aliphatic carbocycles. The van der Waals surface area contributed by atoms with E-state index in [2.05, 4.69) is 50.1 Å². The zero-order valence-corrected chi connectivity index (χ0v) is 11.1. The molecule has 0 aliphatic rings. The third kappa shape index (κ3) is 5.20. The van der Waals surface area contributed by atoms with E-state index in [1.807, 2.05) is 0 Å². The van der Waals surface area contributed by atoms with Crippen LogP contribution in [0, 0.1) is 0 Å². The van der Waals surface area contributed by atoms with Crippen LogP contribution >= 0.6 is 0 Å². The van der Waals surface area contributed by atoms with Gasteiger partial charge in [0.25, 0.3) is 0 Å². The lowest BCUT2D eigenvalue weighted by Gasteiger charge is -2.20. The number of rotatable bonds is 7. The fourth-order valence-electron chi connectivity index (χ4n) is 1.64. The molecule has 0 fully saturated rings. The maximum absolute atomic E-state index is 5.54. The van der Waals surface area contributed by atoms with Gasteiger partial charge in [-0.25, -0.2) is 0 Å². The Morgan fingerprint density at radius 3 is 2.41 bits per heavy atom. The summed E-state index contributed by atoms with van der Waals surface area (Å²) in [6.07, 6.45) is 1.25. The van der Waals surface area contributed by atoms with Gasteiger partial charge in [-0.3, -0.25) is 0 Å². The molecule has 0 bridgehead atoms. The molecule has 3 nitrogen and oxygen atoms in total. The van der Waals surface area contributed by atoms with Crippen molar-refractivity contribution in [2.24, 2.45) is 5.73 Å². The van der Waals surface area contributed by atoms with Gasteiger partial charge in [-0.2, -0.15) is 0 Å². The Morgan fingerprint density at radius 1 is 1.24 bits per heavy atom. The van der Waals surface area contributed by atoms with E-state index < -0.39 is 0 Å². The lowest BCUT2D eigenvalue weighted by atomic mass is 10.1. The summed E-state index contributed by atoms with van der Waals surface area (Å²) < 4.78 is 5.54. The zero-order chi connectivity index (χ0) is 12.7. The van der Waals surface area contributed by atoms with Gasteiger partial charge in [0.05, 0.1) is 12.7 Å². The summed E-state index contributed by atoms with van der Waals surface area (Å²) in [4.78, 5) is 2.20. The molecule has 0 aromatic heterocycles. The van der Waals surface area contributed by atoms with Crippen LogP contribution in [-0.4, -0.2) is 32.8 Å². The van der Waals surface area contributed by atoms with Crippen LogP contribution < -0.4 is 10.6 Å². The smallest absolute Gasteiger partial charge is 0.0644 e. The fourth-order valence-corrected chi connectivity index (χ4v) is 1.64. The molecule has 17 heavy (non-hydrogen) atoms. The standard InChI is InChI=1S/C14H24N2O/c1-12(2)17-11-10-16(3)14-6-4-13(5-7-14)8-9-15/h4-7,12H,8-11,15H2,1-3H3. The molecule has 0 atom stereocenters. The van der Waals surface area contributed by atoms with Crippen LogP contribution in [0.2, 0.25) is 0 Å². The first-order valence-electron chi connectivity index (χ1n) is 6.25. The molecule has 96 valence electrons. The van der Waals surface area contributed by atoms with Gasteiger partial charge in [0.2, 0.25) is 0 Å². The van der Waals surface area contributed by atoms with E-state index >= 15 is 0 Å². The molecule has 2 N–H and O–H groups in total. The van der Waals surface area contributed by atoms with Crippen LogP contribution in [0.4, 0.5) is 5.69 Å². The molecule has 0 aliphatic heterocycles. The van der Waals surface area contributed by atoms with Gasteiger partial charge in [0.15, 0.2) is 0 Å². The molecule has 0 radical (unpaired) electrons. The molecule has 1 aromatic carbocycles. The van der Waals surface area contributed by atoms with Crippen molar-refractivity contribution in [3.8, 4) is 0 Å². The van der Waals surface area contributed by atoms with E-state index in [-0.39, 0.29) is 0 Å². The molecule has 3 heteroatoms. The van der Waals surface area contributed by atoms with Gasteiger partial charge < -0.3 is 15.4 Å². The second-order valence-electron chi connectivity index (χ2n) is 4.55. The first kappa shape index (κ1) is 14.0. The van der Waals surface area contributed by atoms with Crippen LogP contribution in [0.3, 0.4) is 0 Å². The topological polar surface area (TPSA) is 38.5 Å². The molecule has 0 saturated heterocycles. The molecule has 0 spiro atoms. The molecule has 0 unspecified atom stereocenters. The SMILES string of the molecule is CC(C)OCCN(C)c1ccc(CCN)cc1. The molecule has 1 rings (SSSR count). The van der Waals surface area contributed by atoms with Crippen molar-refractivity contribution in [1.82, 2.24) is 0 Å². The van der Waals surface area contributed by atoms with Crippen LogP contribution in [-0.2, 0) is 11.2 Å². The molecular formula is C14H24N2O. The highest BCUT2D eigenvalue weighted by atomic mass is 16.5. The van der Waals surface area contributed by atoms with Crippen LogP contribution in [0.25, 0.3) is 0 Å². The van der Waals surface area contributed by atoms with Gasteiger partial charge in [-0.05, 0) is 44.5 Å². The minimum atomic E-state index is 0.301. The molecular weight excluding hydrogens is 212 g/mol. The summed E-state index contributed by atoms with van der Waals surface area (Å²) in [7, 11) is 2.08. The molecule has 1 aromatic rings. The number of anilines is 1. The number of nitrogens with two attached hydrogens (primary N) is 1. The van der Waals surface area contributed by atoms with E-state index in [9.17, 15) is 0 Å². The third-order valence-electron chi connectivity index (χ3n) is 2.69. The van der Waals surface area contributed by atoms with Crippen LogP contribution in [0.15, 0.2) is 24.3 Å². The molecule has 0 amide bonds. The highest BCUT2D eigenvalue weighted by Crippen LogP contribution is 2.13. The van der Waals surface area contributed by atoms with Crippen LogP contribution in [0.1, 0.15) is 19.4 Å². The second kappa shape index (κ2) is 7.30. The van der Waals surface area contributed by atoms with Gasteiger partial charge >= 0.3 is 0 Å². The first-order chi connectivity index (χ1) is 8.13. The van der Waals surface area contributed by atoms with Gasteiger partial charge in [-0.1, -0.05) is 12.1 Å². The average molecular weight is 236 g/mol. The monoisotopic (exact) mass is 236 g/mol. The van der Waals surface area contributed by atoms with Crippen molar-refractivity contribution >= 4 is 5.69 Å². The lowest BCUT2D eigenvalue weighted by Crippen LogP contribution is -2.23. The quantitative estimate of drug-likeness (QED) is 0.787. The number of hydrogen-bond acceptors (Lipinski definition) is 3. The number of hydrogen-bond donors (Lipinski definition) is 1. The van der Waals surface area contributed by atoms with Crippen molar-refractivity contribution in [3.05, 3.63) is 29.8 Å². The van der Waals surface area contributed by atoms with E-state index in [4.69, 9.17) is 10.5 Å². The lowest BCUT2D eigenvalue weighted by molar-refractivity contribution is 0.0846. The Labute approximate surface area is 105 Å². The average Bonchev–Trinajstić information content (AvgIpc) is 2.30. The minimum Gasteiger partial charge on any atom is -0.377 e. The van der Waals surface area contributed by atoms with Crippen molar-refractivity contribution in [3.63, 3.8) is 0 Å². The molecule has 0 heterocycles. The summed E-state index contributed by atoms with van der Waals surface area (Å²) in [5, 5.41) is 0. The fraction of sp³-hybridized carbons (Fsp3) is 0.571. The second-order valence-corrected chi connectivity index (χ2v) is 4.55. The van der Waals surface area contributed by atoms with E-state index in [0.717, 1.165) is 19.6 Å². The summed E-state index contributed by atoms with van der Waals surface area (Å²) in [6.45, 7) is 6.49. The molecule has 0 saturated carbocycles. The number of likely N-dealkylation sites (N-methyl/N-ethyl adjacent to an activating group) is 1. The number of benzene rings is 1. The maximum atomic E-state index is 5.54. The van der Waals surface area contributed by atoms with Crippen molar-refractivity contribution in [1.29, 1.82) is 0 Å². The van der Waals surface area contributed by atoms with E-state index in [1.54, 1.807) is 0 Å². The Hall–Kier alpha value is -1.06. The maximum Gasteiger partial charge on any atom is 0.0644 e. The van der Waals surface area contributed by atoms with Gasteiger partial charge in [0, 0.05) is 19.3 Å². The van der Waals surface area contributed by atoms with Gasteiger partial charge in [0.1, 0.15) is 0 Å². The number of ether oxygens (including phenoxy) is 1. The highest BCUT2D eigenvalue weighted by Gasteiger charge is 2.01. The third-order valence-corrected chi connectivity index (χ3v) is 2.69. The Bertz CT molecular complexity index is 309. The van der Waals surface area contributed by atoms with E-state index in [0.29, 0.717) is 12.6 Å². The van der Waals surface area contributed by atoms with Crippen molar-refractivity contribution in [2.45, 2.75) is 26.4 Å².